The fourth-order valence-electron chi connectivity index (χ4n) is 3.96. The summed E-state index contributed by atoms with van der Waals surface area (Å²) in [5, 5.41) is 0. The molecule has 156 valence electrons. The predicted molar refractivity (Wildman–Crippen MR) is 92.7 cm³/mol. The molecule has 2 saturated heterocycles. The Bertz CT molecular complexity index is 878. The van der Waals surface area contributed by atoms with Crippen molar-refractivity contribution in [2.75, 3.05) is 13.3 Å². The third-order valence-corrected chi connectivity index (χ3v) is 5.41. The zero-order valence-electron chi connectivity index (χ0n) is 15.2. The van der Waals surface area contributed by atoms with Gasteiger partial charge in [0.2, 0.25) is 0 Å². The van der Waals surface area contributed by atoms with Gasteiger partial charge in [0.15, 0.2) is 0 Å². The zero-order valence-corrected chi connectivity index (χ0v) is 15.2. The molecular weight excluding hydrogens is 398 g/mol. The van der Waals surface area contributed by atoms with E-state index in [9.17, 15) is 26.3 Å². The third-order valence-electron chi connectivity index (χ3n) is 5.41. The van der Waals surface area contributed by atoms with Gasteiger partial charge in [-0.3, -0.25) is 4.90 Å². The lowest BCUT2D eigenvalue weighted by Gasteiger charge is -2.30. The average molecular weight is 416 g/mol. The Morgan fingerprint density at radius 3 is 2.31 bits per heavy atom. The second-order valence-electron chi connectivity index (χ2n) is 7.34. The normalized spacial score (nSPS) is 23.2. The Balaban J connectivity index is 1.74. The Hall–Kier alpha value is -2.13. The Morgan fingerprint density at radius 1 is 0.931 bits per heavy atom. The van der Waals surface area contributed by atoms with E-state index in [0.29, 0.717) is 12.3 Å². The van der Waals surface area contributed by atoms with Crippen LogP contribution >= 0.6 is 0 Å². The summed E-state index contributed by atoms with van der Waals surface area (Å²) in [5.74, 6) is 0. The summed E-state index contributed by atoms with van der Waals surface area (Å²) < 4.78 is 84.5. The van der Waals surface area contributed by atoms with Crippen LogP contribution in [0.5, 0.6) is 0 Å². The maximum Gasteiger partial charge on any atom is 0.433 e. The van der Waals surface area contributed by atoms with Crippen molar-refractivity contribution in [3.63, 3.8) is 0 Å². The molecule has 4 rings (SSSR count). The van der Waals surface area contributed by atoms with Crippen molar-refractivity contribution in [2.24, 2.45) is 0 Å². The summed E-state index contributed by atoms with van der Waals surface area (Å²) >= 11 is 0. The van der Waals surface area contributed by atoms with E-state index in [-0.39, 0.29) is 17.3 Å². The van der Waals surface area contributed by atoms with E-state index in [1.807, 2.05) is 0 Å². The van der Waals surface area contributed by atoms with Gasteiger partial charge in [-0.25, -0.2) is 4.98 Å². The van der Waals surface area contributed by atoms with Crippen molar-refractivity contribution < 1.29 is 31.1 Å². The van der Waals surface area contributed by atoms with Crippen molar-refractivity contribution in [1.82, 2.24) is 9.88 Å². The fourth-order valence-corrected chi connectivity index (χ4v) is 3.96. The lowest BCUT2D eigenvalue weighted by atomic mass is 9.93. The number of hydrogen-bond acceptors (Lipinski definition) is 3. The van der Waals surface area contributed by atoms with Crippen molar-refractivity contribution in [3.8, 4) is 11.3 Å². The molecule has 2 aromatic rings. The first-order valence-corrected chi connectivity index (χ1v) is 9.25. The van der Waals surface area contributed by atoms with Crippen molar-refractivity contribution in [1.29, 1.82) is 0 Å². The number of rotatable bonds is 2. The highest BCUT2D eigenvalue weighted by molar-refractivity contribution is 5.61. The van der Waals surface area contributed by atoms with Gasteiger partial charge in [0, 0.05) is 18.2 Å². The van der Waals surface area contributed by atoms with Crippen LogP contribution in [-0.4, -0.2) is 29.2 Å². The number of nitrogens with zero attached hydrogens (tertiary/aromatic N) is 2. The summed E-state index contributed by atoms with van der Waals surface area (Å²) in [6.07, 6.45) is -6.90. The first-order chi connectivity index (χ1) is 13.6. The monoisotopic (exact) mass is 416 g/mol. The molecule has 2 aliphatic heterocycles. The second-order valence-corrected chi connectivity index (χ2v) is 7.34. The predicted octanol–water partition coefficient (Wildman–Crippen LogP) is 5.67. The van der Waals surface area contributed by atoms with Gasteiger partial charge in [0.05, 0.1) is 17.4 Å². The highest BCUT2D eigenvalue weighted by Crippen LogP contribution is 2.40. The maximum atomic E-state index is 13.4. The van der Waals surface area contributed by atoms with Crippen molar-refractivity contribution in [3.05, 3.63) is 53.2 Å². The number of benzene rings is 1. The fraction of sp³-hybridized carbons (Fsp3) is 0.450. The maximum absolute atomic E-state index is 13.4. The van der Waals surface area contributed by atoms with Crippen molar-refractivity contribution in [2.45, 2.75) is 43.8 Å². The van der Waals surface area contributed by atoms with E-state index < -0.39 is 29.7 Å². The number of ether oxygens (including phenoxy) is 1. The zero-order chi connectivity index (χ0) is 20.8. The van der Waals surface area contributed by atoms with Crippen LogP contribution in [0.4, 0.5) is 26.3 Å². The minimum Gasteiger partial charge on any atom is -0.357 e. The number of halogens is 6. The van der Waals surface area contributed by atoms with Crippen LogP contribution in [0.15, 0.2) is 36.4 Å². The van der Waals surface area contributed by atoms with Gasteiger partial charge in [-0.1, -0.05) is 18.6 Å². The molecule has 0 bridgehead atoms. The van der Waals surface area contributed by atoms with E-state index >= 15 is 0 Å². The van der Waals surface area contributed by atoms with Gasteiger partial charge in [-0.2, -0.15) is 26.3 Å². The van der Waals surface area contributed by atoms with Crippen LogP contribution in [0.2, 0.25) is 0 Å². The van der Waals surface area contributed by atoms with Gasteiger partial charge in [-0.15, -0.1) is 0 Å². The van der Waals surface area contributed by atoms with Crippen LogP contribution in [-0.2, 0) is 17.1 Å². The second kappa shape index (κ2) is 7.28. The molecule has 9 heteroatoms. The number of piperidine rings is 1. The molecule has 0 radical (unpaired) electrons. The number of fused-ring (bicyclic) bond motifs is 1. The molecule has 0 spiro atoms. The number of alkyl halides is 6. The molecule has 1 aromatic heterocycles. The van der Waals surface area contributed by atoms with Crippen LogP contribution in [0.1, 0.15) is 42.2 Å². The molecule has 1 aromatic carbocycles. The highest BCUT2D eigenvalue weighted by Gasteiger charge is 2.40. The Morgan fingerprint density at radius 2 is 1.66 bits per heavy atom. The van der Waals surface area contributed by atoms with E-state index in [4.69, 9.17) is 4.74 Å². The molecule has 2 fully saturated rings. The average Bonchev–Trinajstić information content (AvgIpc) is 3.10. The molecule has 3 heterocycles. The molecule has 0 saturated carbocycles. The SMILES string of the molecule is FC(F)(F)c1ccc(-c2cc([C@@H]3OCN4CCCC[C@@H]34)cc(C(F)(F)F)n2)cc1. The molecule has 3 nitrogen and oxygen atoms in total. The number of hydrogen-bond donors (Lipinski definition) is 0. The van der Waals surface area contributed by atoms with Gasteiger partial charge >= 0.3 is 12.4 Å². The van der Waals surface area contributed by atoms with Gasteiger partial charge in [0.25, 0.3) is 0 Å². The first-order valence-electron chi connectivity index (χ1n) is 9.25. The lowest BCUT2D eigenvalue weighted by Crippen LogP contribution is -2.36. The minimum absolute atomic E-state index is 0.00677. The summed E-state index contributed by atoms with van der Waals surface area (Å²) in [7, 11) is 0. The topological polar surface area (TPSA) is 25.4 Å². The van der Waals surface area contributed by atoms with Gasteiger partial charge in [0.1, 0.15) is 12.4 Å². The van der Waals surface area contributed by atoms with Gasteiger partial charge in [-0.05, 0) is 42.7 Å². The van der Waals surface area contributed by atoms with E-state index in [2.05, 4.69) is 9.88 Å². The largest absolute Gasteiger partial charge is 0.433 e. The Labute approximate surface area is 163 Å². The third kappa shape index (κ3) is 4.11. The molecule has 0 aliphatic carbocycles. The summed E-state index contributed by atoms with van der Waals surface area (Å²) in [6.45, 7) is 1.19. The quantitative estimate of drug-likeness (QED) is 0.590. The Kier molecular flexibility index (Phi) is 5.06. The van der Waals surface area contributed by atoms with Crippen molar-refractivity contribution >= 4 is 0 Å². The number of pyridine rings is 1. The van der Waals surface area contributed by atoms with Gasteiger partial charge < -0.3 is 4.74 Å². The first kappa shape index (κ1) is 20.2. The molecule has 0 N–H and O–H groups in total. The molecule has 2 aliphatic rings. The molecular formula is C20H18F6N2O. The molecule has 2 atom stereocenters. The van der Waals surface area contributed by atoms with E-state index in [0.717, 1.165) is 56.1 Å². The molecule has 29 heavy (non-hydrogen) atoms. The minimum atomic E-state index is -4.68. The molecule has 0 amide bonds. The van der Waals surface area contributed by atoms with E-state index in [1.54, 1.807) is 0 Å². The molecule has 0 unspecified atom stereocenters. The summed E-state index contributed by atoms with van der Waals surface area (Å²) in [5.41, 5.74) is -1.45. The summed E-state index contributed by atoms with van der Waals surface area (Å²) in [4.78, 5) is 5.78. The van der Waals surface area contributed by atoms with Crippen LogP contribution in [0, 0.1) is 0 Å². The summed E-state index contributed by atoms with van der Waals surface area (Å²) in [6, 6.07) is 6.41. The van der Waals surface area contributed by atoms with Crippen LogP contribution in [0.25, 0.3) is 11.3 Å². The lowest BCUT2D eigenvalue weighted by molar-refractivity contribution is -0.141. The number of aromatic nitrogens is 1. The highest BCUT2D eigenvalue weighted by atomic mass is 19.4. The van der Waals surface area contributed by atoms with Crippen LogP contribution in [0.3, 0.4) is 0 Å². The smallest absolute Gasteiger partial charge is 0.357 e. The van der Waals surface area contributed by atoms with E-state index in [1.165, 1.54) is 6.07 Å². The standard InChI is InChI=1S/C20H18F6N2O/c21-19(22,23)14-6-4-12(5-7-14)15-9-13(10-17(27-15)20(24,25)26)18-16-3-1-2-8-28(16)11-29-18/h4-7,9-10,16,18H,1-3,8,11H2/t16-,18-/m0/s1. The van der Waals surface area contributed by atoms with Crippen LogP contribution < -0.4 is 0 Å².